The fraction of sp³-hybridized carbons (Fsp3) is 0.476. The molecule has 3 saturated heterocycles. The third-order valence-corrected chi connectivity index (χ3v) is 7.08. The molecule has 3 aliphatic rings. The highest BCUT2D eigenvalue weighted by atomic mass is 32.1. The van der Waals surface area contributed by atoms with Gasteiger partial charge in [-0.05, 0) is 37.5 Å². The van der Waals surface area contributed by atoms with Crippen molar-refractivity contribution in [2.45, 2.75) is 37.4 Å². The van der Waals surface area contributed by atoms with Crippen molar-refractivity contribution in [1.29, 1.82) is 0 Å². The van der Waals surface area contributed by atoms with Gasteiger partial charge in [0.15, 0.2) is 0 Å². The van der Waals surface area contributed by atoms with Crippen LogP contribution in [0.2, 0.25) is 0 Å². The molecular weight excluding hydrogens is 358 g/mol. The molecule has 2 bridgehead atoms. The highest BCUT2D eigenvalue weighted by Crippen LogP contribution is 2.36. The van der Waals surface area contributed by atoms with E-state index >= 15 is 0 Å². The molecule has 0 aliphatic carbocycles. The van der Waals surface area contributed by atoms with Crippen LogP contribution >= 0.6 is 11.3 Å². The predicted octanol–water partition coefficient (Wildman–Crippen LogP) is 2.87. The summed E-state index contributed by atoms with van der Waals surface area (Å²) in [6, 6.07) is 13.9. The first-order valence-corrected chi connectivity index (χ1v) is 10.7. The summed E-state index contributed by atoms with van der Waals surface area (Å²) >= 11 is 1.59. The smallest absolute Gasteiger partial charge is 0.261 e. The summed E-state index contributed by atoms with van der Waals surface area (Å²) in [7, 11) is 0. The van der Waals surface area contributed by atoms with E-state index in [1.807, 2.05) is 6.07 Å². The van der Waals surface area contributed by atoms with E-state index < -0.39 is 0 Å². The van der Waals surface area contributed by atoms with Crippen LogP contribution in [0.4, 0.5) is 5.69 Å². The van der Waals surface area contributed by atoms with Gasteiger partial charge in [0.1, 0.15) is 0 Å². The molecule has 0 saturated carbocycles. The number of fused-ring (bicyclic) bond motifs is 2. The topological polar surface area (TPSA) is 53.6 Å². The molecule has 142 valence electrons. The van der Waals surface area contributed by atoms with Crippen LogP contribution in [0.3, 0.4) is 0 Å². The van der Waals surface area contributed by atoms with E-state index in [2.05, 4.69) is 45.9 Å². The minimum Gasteiger partial charge on any atom is -0.378 e. The van der Waals surface area contributed by atoms with Crippen molar-refractivity contribution in [2.24, 2.45) is 0 Å². The summed E-state index contributed by atoms with van der Waals surface area (Å²) in [4.78, 5) is 17.1. The molecule has 3 fully saturated rings. The van der Waals surface area contributed by atoms with Gasteiger partial charge in [-0.1, -0.05) is 18.2 Å². The Bertz CT molecular complexity index is 830. The summed E-state index contributed by atoms with van der Waals surface area (Å²) in [6.07, 6.45) is 3.49. The van der Waals surface area contributed by atoms with E-state index in [9.17, 15) is 4.79 Å². The Labute approximate surface area is 163 Å². The number of carbonyl (C=O) groups excluding carboxylic acids is 1. The third kappa shape index (κ3) is 3.37. The number of para-hydroxylation sites is 1. The van der Waals surface area contributed by atoms with Crippen molar-refractivity contribution < 1.29 is 9.53 Å². The molecule has 0 spiro atoms. The van der Waals surface area contributed by atoms with Crippen LogP contribution in [-0.4, -0.2) is 50.3 Å². The molecule has 0 unspecified atom stereocenters. The van der Waals surface area contributed by atoms with Crippen molar-refractivity contribution in [2.75, 3.05) is 31.2 Å². The van der Waals surface area contributed by atoms with Gasteiger partial charge in [0, 0.05) is 47.3 Å². The monoisotopic (exact) mass is 383 g/mol. The minimum absolute atomic E-state index is 0.0643. The Morgan fingerprint density at radius 2 is 2.00 bits per heavy atom. The lowest BCUT2D eigenvalue weighted by molar-refractivity contribution is 0.0935. The van der Waals surface area contributed by atoms with Gasteiger partial charge in [-0.15, -0.1) is 11.3 Å². The Balaban J connectivity index is 1.34. The highest BCUT2D eigenvalue weighted by Gasteiger charge is 2.39. The number of hydrogen-bond acceptors (Lipinski definition) is 5. The van der Waals surface area contributed by atoms with E-state index in [0.29, 0.717) is 12.1 Å². The summed E-state index contributed by atoms with van der Waals surface area (Å²) in [5.74, 6) is 0.0643. The number of benzene rings is 1. The van der Waals surface area contributed by atoms with Crippen molar-refractivity contribution in [3.8, 4) is 10.4 Å². The van der Waals surface area contributed by atoms with Gasteiger partial charge < -0.3 is 20.3 Å². The van der Waals surface area contributed by atoms with Crippen molar-refractivity contribution in [3.63, 3.8) is 0 Å². The SMILES string of the molecule is O=C(N[C@@H]1C[C@H]2CC[C@@H]1N2)c1ccc(-c2ccccc2N2CCOCC2)s1. The summed E-state index contributed by atoms with van der Waals surface area (Å²) in [5, 5.41) is 6.83. The number of morpholine rings is 1. The summed E-state index contributed by atoms with van der Waals surface area (Å²) in [6.45, 7) is 3.36. The molecular formula is C21H25N3O2S. The first kappa shape index (κ1) is 17.2. The van der Waals surface area contributed by atoms with Gasteiger partial charge in [0.2, 0.25) is 0 Å². The maximum atomic E-state index is 12.8. The minimum atomic E-state index is 0.0643. The molecule has 2 N–H and O–H groups in total. The molecule has 1 amide bonds. The summed E-state index contributed by atoms with van der Waals surface area (Å²) in [5.41, 5.74) is 2.43. The quantitative estimate of drug-likeness (QED) is 0.853. The molecule has 3 aliphatic heterocycles. The Morgan fingerprint density at radius 3 is 2.78 bits per heavy atom. The third-order valence-electron chi connectivity index (χ3n) is 5.97. The van der Waals surface area contributed by atoms with Gasteiger partial charge in [0.05, 0.1) is 18.1 Å². The lowest BCUT2D eigenvalue weighted by Crippen LogP contribution is -2.42. The molecule has 27 heavy (non-hydrogen) atoms. The van der Waals surface area contributed by atoms with E-state index in [0.717, 1.165) is 42.5 Å². The number of anilines is 1. The maximum absolute atomic E-state index is 12.8. The van der Waals surface area contributed by atoms with Crippen LogP contribution in [0.25, 0.3) is 10.4 Å². The van der Waals surface area contributed by atoms with Crippen molar-refractivity contribution >= 4 is 22.9 Å². The first-order chi connectivity index (χ1) is 13.3. The molecule has 1 aromatic heterocycles. The number of ether oxygens (including phenoxy) is 1. The van der Waals surface area contributed by atoms with Crippen LogP contribution in [0, 0.1) is 0 Å². The van der Waals surface area contributed by atoms with Crippen molar-refractivity contribution in [1.82, 2.24) is 10.6 Å². The lowest BCUT2D eigenvalue weighted by Gasteiger charge is -2.30. The average molecular weight is 384 g/mol. The average Bonchev–Trinajstić information content (AvgIpc) is 3.46. The number of nitrogens with one attached hydrogen (secondary N) is 2. The number of hydrogen-bond donors (Lipinski definition) is 2. The second kappa shape index (κ2) is 7.26. The van der Waals surface area contributed by atoms with E-state index in [-0.39, 0.29) is 11.9 Å². The van der Waals surface area contributed by atoms with Gasteiger partial charge >= 0.3 is 0 Å². The van der Waals surface area contributed by atoms with Crippen LogP contribution in [0.15, 0.2) is 36.4 Å². The second-order valence-electron chi connectivity index (χ2n) is 7.64. The number of thiophene rings is 1. The maximum Gasteiger partial charge on any atom is 0.261 e. The summed E-state index contributed by atoms with van der Waals surface area (Å²) < 4.78 is 5.49. The van der Waals surface area contributed by atoms with Gasteiger partial charge in [-0.2, -0.15) is 0 Å². The molecule has 5 rings (SSSR count). The van der Waals surface area contributed by atoms with E-state index in [1.54, 1.807) is 11.3 Å². The largest absolute Gasteiger partial charge is 0.378 e. The molecule has 3 atom stereocenters. The van der Waals surface area contributed by atoms with Crippen molar-refractivity contribution in [3.05, 3.63) is 41.3 Å². The first-order valence-electron chi connectivity index (χ1n) is 9.87. The molecule has 6 heteroatoms. The molecule has 0 radical (unpaired) electrons. The fourth-order valence-corrected chi connectivity index (χ4v) is 5.53. The van der Waals surface area contributed by atoms with Crippen LogP contribution in [0.1, 0.15) is 28.9 Å². The highest BCUT2D eigenvalue weighted by molar-refractivity contribution is 7.17. The zero-order valence-corrected chi connectivity index (χ0v) is 16.1. The van der Waals surface area contributed by atoms with Crippen LogP contribution in [0.5, 0.6) is 0 Å². The standard InChI is InChI=1S/C21H25N3O2S/c25-21(23-17-13-14-5-6-16(17)22-14)20-8-7-19(27-20)15-3-1-2-4-18(15)24-9-11-26-12-10-24/h1-4,7-8,14,16-17,22H,5-6,9-13H2,(H,23,25)/t14-,16+,17-/m1/s1. The fourth-order valence-electron chi connectivity index (χ4n) is 4.59. The Kier molecular flexibility index (Phi) is 4.63. The van der Waals surface area contributed by atoms with E-state index in [1.165, 1.54) is 24.1 Å². The molecule has 1 aromatic carbocycles. The number of rotatable bonds is 4. The number of amides is 1. The van der Waals surface area contributed by atoms with Crippen LogP contribution < -0.4 is 15.5 Å². The molecule has 2 aromatic rings. The second-order valence-corrected chi connectivity index (χ2v) is 8.73. The Hall–Kier alpha value is -1.89. The molecule has 5 nitrogen and oxygen atoms in total. The van der Waals surface area contributed by atoms with Gasteiger partial charge in [-0.3, -0.25) is 4.79 Å². The zero-order valence-electron chi connectivity index (χ0n) is 15.3. The predicted molar refractivity (Wildman–Crippen MR) is 109 cm³/mol. The van der Waals surface area contributed by atoms with Gasteiger partial charge in [0.25, 0.3) is 5.91 Å². The Morgan fingerprint density at radius 1 is 1.15 bits per heavy atom. The lowest BCUT2D eigenvalue weighted by atomic mass is 9.95. The zero-order chi connectivity index (χ0) is 18.2. The number of nitrogens with zero attached hydrogens (tertiary/aromatic N) is 1. The number of carbonyl (C=O) groups is 1. The van der Waals surface area contributed by atoms with Gasteiger partial charge in [-0.25, -0.2) is 0 Å². The normalized spacial score (nSPS) is 27.1. The van der Waals surface area contributed by atoms with Crippen LogP contribution in [-0.2, 0) is 4.74 Å². The molecule has 4 heterocycles. The van der Waals surface area contributed by atoms with E-state index in [4.69, 9.17) is 4.74 Å².